The Morgan fingerprint density at radius 1 is 1.03 bits per heavy atom. The molecule has 0 bridgehead atoms. The number of amides is 2. The molecule has 1 saturated heterocycles. The number of carbonyl (C=O) groups excluding carboxylic acids is 2. The highest BCUT2D eigenvalue weighted by atomic mass is 35.5. The van der Waals surface area contributed by atoms with E-state index in [0.717, 1.165) is 6.07 Å². The maximum atomic E-state index is 13.6. The molecule has 0 radical (unpaired) electrons. The fourth-order valence-electron chi connectivity index (χ4n) is 4.28. The van der Waals surface area contributed by atoms with Crippen LogP contribution in [-0.2, 0) is 7.05 Å². The van der Waals surface area contributed by atoms with E-state index in [0.29, 0.717) is 59.9 Å². The van der Waals surface area contributed by atoms with Crippen molar-refractivity contribution < 1.29 is 18.4 Å². The van der Waals surface area contributed by atoms with Crippen LogP contribution in [0.2, 0.25) is 5.02 Å². The lowest BCUT2D eigenvalue weighted by Gasteiger charge is -2.35. The Bertz CT molecular complexity index is 1410. The smallest absolute Gasteiger partial charge is 0.255 e. The molecule has 1 fully saturated rings. The maximum Gasteiger partial charge on any atom is 0.255 e. The summed E-state index contributed by atoms with van der Waals surface area (Å²) in [4.78, 5) is 34.4. The second-order valence-corrected chi connectivity index (χ2v) is 8.56. The molecule has 3 aromatic heterocycles. The Labute approximate surface area is 199 Å². The largest absolute Gasteiger partial charge is 0.463 e. The molecule has 4 aromatic rings. The van der Waals surface area contributed by atoms with Crippen LogP contribution in [0.25, 0.3) is 22.5 Å². The van der Waals surface area contributed by atoms with Crippen LogP contribution in [0.3, 0.4) is 0 Å². The second-order valence-electron chi connectivity index (χ2n) is 8.15. The summed E-state index contributed by atoms with van der Waals surface area (Å²) in [7, 11) is 1.79. The summed E-state index contributed by atoms with van der Waals surface area (Å²) in [6.45, 7) is 3.22. The Morgan fingerprint density at radius 2 is 1.71 bits per heavy atom. The van der Waals surface area contributed by atoms with Crippen molar-refractivity contribution >= 4 is 34.4 Å². The molecular formula is C24H21ClFN5O3. The van der Waals surface area contributed by atoms with E-state index in [1.54, 1.807) is 46.0 Å². The van der Waals surface area contributed by atoms with Crippen molar-refractivity contribution in [2.75, 3.05) is 26.2 Å². The maximum absolute atomic E-state index is 13.6. The number of aryl methyl sites for hydroxylation is 2. The average Bonchev–Trinajstić information content (AvgIpc) is 3.46. The van der Waals surface area contributed by atoms with Crippen LogP contribution in [0.4, 0.5) is 4.39 Å². The lowest BCUT2D eigenvalue weighted by molar-refractivity contribution is 0.0536. The van der Waals surface area contributed by atoms with Gasteiger partial charge in [-0.2, -0.15) is 5.10 Å². The molecule has 2 amide bonds. The van der Waals surface area contributed by atoms with Crippen molar-refractivity contribution in [2.45, 2.75) is 6.92 Å². The van der Waals surface area contributed by atoms with Gasteiger partial charge in [0.2, 0.25) is 0 Å². The monoisotopic (exact) mass is 481 g/mol. The van der Waals surface area contributed by atoms with Crippen molar-refractivity contribution in [3.63, 3.8) is 0 Å². The van der Waals surface area contributed by atoms with E-state index >= 15 is 0 Å². The molecule has 10 heteroatoms. The molecule has 4 heterocycles. The van der Waals surface area contributed by atoms with Crippen LogP contribution >= 0.6 is 11.6 Å². The van der Waals surface area contributed by atoms with Crippen LogP contribution < -0.4 is 0 Å². The Balaban J connectivity index is 1.40. The molecule has 0 atom stereocenters. The van der Waals surface area contributed by atoms with E-state index in [2.05, 4.69) is 10.1 Å². The van der Waals surface area contributed by atoms with E-state index < -0.39 is 5.82 Å². The van der Waals surface area contributed by atoms with Gasteiger partial charge < -0.3 is 14.2 Å². The molecule has 34 heavy (non-hydrogen) atoms. The molecule has 5 rings (SSSR count). The van der Waals surface area contributed by atoms with Gasteiger partial charge in [0, 0.05) is 33.2 Å². The standard InChI is InChI=1S/C24H21ClFN5O3/c1-14-21-17(13-19(20-4-3-11-34-20)27-22(21)29(2)28-14)24(33)31-9-7-30(8-10-31)23(32)16-6-5-15(26)12-18(16)25/h3-6,11-13H,7-10H2,1-2H3. The summed E-state index contributed by atoms with van der Waals surface area (Å²) < 4.78 is 20.5. The molecule has 0 saturated carbocycles. The van der Waals surface area contributed by atoms with Gasteiger partial charge in [-0.1, -0.05) is 11.6 Å². The van der Waals surface area contributed by atoms with Crippen LogP contribution in [0.5, 0.6) is 0 Å². The molecule has 8 nitrogen and oxygen atoms in total. The van der Waals surface area contributed by atoms with Crippen molar-refractivity contribution in [1.29, 1.82) is 0 Å². The highest BCUT2D eigenvalue weighted by Crippen LogP contribution is 2.28. The predicted octanol–water partition coefficient (Wildman–Crippen LogP) is 3.93. The minimum absolute atomic E-state index is 0.0696. The number of carbonyl (C=O) groups is 2. The molecule has 1 aliphatic heterocycles. The van der Waals surface area contributed by atoms with Gasteiger partial charge in [-0.05, 0) is 43.3 Å². The summed E-state index contributed by atoms with van der Waals surface area (Å²) in [5.74, 6) is -0.392. The third kappa shape index (κ3) is 3.81. The van der Waals surface area contributed by atoms with Crippen LogP contribution in [0.15, 0.2) is 47.1 Å². The van der Waals surface area contributed by atoms with Gasteiger partial charge in [0.05, 0.1) is 33.5 Å². The van der Waals surface area contributed by atoms with E-state index in [1.807, 2.05) is 6.92 Å². The minimum atomic E-state index is -0.500. The first-order valence-corrected chi connectivity index (χ1v) is 11.1. The third-order valence-corrected chi connectivity index (χ3v) is 6.30. The minimum Gasteiger partial charge on any atom is -0.463 e. The average molecular weight is 482 g/mol. The zero-order valence-corrected chi connectivity index (χ0v) is 19.3. The van der Waals surface area contributed by atoms with Gasteiger partial charge in [-0.25, -0.2) is 9.37 Å². The number of rotatable bonds is 3. The Hall–Kier alpha value is -3.72. The second kappa shape index (κ2) is 8.57. The highest BCUT2D eigenvalue weighted by Gasteiger charge is 2.29. The molecule has 0 unspecified atom stereocenters. The number of halogens is 2. The molecule has 1 aromatic carbocycles. The fraction of sp³-hybridized carbons (Fsp3) is 0.250. The van der Waals surface area contributed by atoms with Crippen LogP contribution in [0.1, 0.15) is 26.4 Å². The van der Waals surface area contributed by atoms with Crippen molar-refractivity contribution in [2.24, 2.45) is 7.05 Å². The van der Waals surface area contributed by atoms with Crippen LogP contribution in [-0.4, -0.2) is 62.6 Å². The van der Waals surface area contributed by atoms with Gasteiger partial charge >= 0.3 is 0 Å². The first-order chi connectivity index (χ1) is 16.3. The number of benzene rings is 1. The van der Waals surface area contributed by atoms with Gasteiger partial charge in [-0.15, -0.1) is 0 Å². The number of fused-ring (bicyclic) bond motifs is 1. The molecule has 0 aliphatic carbocycles. The van der Waals surface area contributed by atoms with E-state index in [9.17, 15) is 14.0 Å². The van der Waals surface area contributed by atoms with Gasteiger partial charge in [0.15, 0.2) is 11.4 Å². The number of nitrogens with zero attached hydrogens (tertiary/aromatic N) is 5. The van der Waals surface area contributed by atoms with Gasteiger partial charge in [-0.3, -0.25) is 14.3 Å². The van der Waals surface area contributed by atoms with Crippen LogP contribution in [0, 0.1) is 12.7 Å². The summed E-state index contributed by atoms with van der Waals surface area (Å²) >= 11 is 6.06. The van der Waals surface area contributed by atoms with Crippen molar-refractivity contribution in [3.8, 4) is 11.5 Å². The summed E-state index contributed by atoms with van der Waals surface area (Å²) in [6, 6.07) is 8.99. The number of aromatic nitrogens is 3. The number of pyridine rings is 1. The lowest BCUT2D eigenvalue weighted by Crippen LogP contribution is -2.50. The Morgan fingerprint density at radius 3 is 2.32 bits per heavy atom. The Kier molecular flexibility index (Phi) is 5.57. The molecular weight excluding hydrogens is 461 g/mol. The van der Waals surface area contributed by atoms with E-state index in [4.69, 9.17) is 16.0 Å². The predicted molar refractivity (Wildman–Crippen MR) is 124 cm³/mol. The first kappa shape index (κ1) is 22.1. The number of piperazine rings is 1. The van der Waals surface area contributed by atoms with Gasteiger partial charge in [0.1, 0.15) is 11.5 Å². The van der Waals surface area contributed by atoms with Crippen molar-refractivity contribution in [3.05, 3.63) is 70.3 Å². The molecule has 0 spiro atoms. The molecule has 0 N–H and O–H groups in total. The fourth-order valence-corrected chi connectivity index (χ4v) is 4.53. The normalized spacial score (nSPS) is 14.1. The summed E-state index contributed by atoms with van der Waals surface area (Å²) in [6.07, 6.45) is 1.56. The number of hydrogen-bond acceptors (Lipinski definition) is 5. The molecule has 1 aliphatic rings. The zero-order valence-electron chi connectivity index (χ0n) is 18.6. The van der Waals surface area contributed by atoms with Crippen molar-refractivity contribution in [1.82, 2.24) is 24.6 Å². The quantitative estimate of drug-likeness (QED) is 0.442. The van der Waals surface area contributed by atoms with E-state index in [1.165, 1.54) is 12.1 Å². The number of hydrogen-bond donors (Lipinski definition) is 0. The third-order valence-electron chi connectivity index (χ3n) is 5.99. The van der Waals surface area contributed by atoms with Gasteiger partial charge in [0.25, 0.3) is 11.8 Å². The summed E-state index contributed by atoms with van der Waals surface area (Å²) in [5.41, 5.74) is 2.58. The first-order valence-electron chi connectivity index (χ1n) is 10.8. The zero-order chi connectivity index (χ0) is 24.0. The van der Waals surface area contributed by atoms with E-state index in [-0.39, 0.29) is 22.4 Å². The molecule has 174 valence electrons. The number of furan rings is 1. The highest BCUT2D eigenvalue weighted by molar-refractivity contribution is 6.33. The lowest BCUT2D eigenvalue weighted by atomic mass is 10.1. The topological polar surface area (TPSA) is 84.5 Å². The SMILES string of the molecule is Cc1nn(C)c2nc(-c3ccco3)cc(C(=O)N3CCN(C(=O)c4ccc(F)cc4Cl)CC3)c12. The summed E-state index contributed by atoms with van der Waals surface area (Å²) in [5, 5.41) is 5.21.